The second kappa shape index (κ2) is 13.7. The highest BCUT2D eigenvalue weighted by Gasteiger charge is 2.33. The van der Waals surface area contributed by atoms with Gasteiger partial charge in [-0.25, -0.2) is 0 Å². The van der Waals surface area contributed by atoms with E-state index in [0.717, 1.165) is 23.7 Å². The average Bonchev–Trinajstić information content (AvgIpc) is 3.25. The SMILES string of the molecule is CCN(CC)c1ccc(/C=C2/SC(=S)N(c3cccc(SC)c3)C2=O)c(OCC(=O)Nc2cccc([N+](=O)[O-])c2)c1. The van der Waals surface area contributed by atoms with Crippen molar-refractivity contribution in [2.45, 2.75) is 18.7 Å². The number of carbonyl (C=O) groups is 2. The zero-order valence-corrected chi connectivity index (χ0v) is 25.1. The minimum atomic E-state index is -0.529. The fourth-order valence-corrected chi connectivity index (χ4v) is 5.91. The molecule has 0 unspecified atom stereocenters. The van der Waals surface area contributed by atoms with E-state index in [1.165, 1.54) is 34.9 Å². The van der Waals surface area contributed by atoms with E-state index in [2.05, 4.69) is 10.2 Å². The monoisotopic (exact) mass is 608 g/mol. The number of benzene rings is 3. The lowest BCUT2D eigenvalue weighted by Gasteiger charge is -2.22. The van der Waals surface area contributed by atoms with Crippen LogP contribution in [-0.4, -0.2) is 47.0 Å². The zero-order valence-electron chi connectivity index (χ0n) is 22.7. The van der Waals surface area contributed by atoms with Crippen LogP contribution in [0.2, 0.25) is 0 Å². The Bertz CT molecular complexity index is 1520. The molecule has 0 radical (unpaired) electrons. The van der Waals surface area contributed by atoms with Gasteiger partial charge in [0, 0.05) is 53.1 Å². The first kappa shape index (κ1) is 30.1. The Balaban J connectivity index is 1.59. The third-order valence-corrected chi connectivity index (χ3v) is 8.24. The average molecular weight is 609 g/mol. The van der Waals surface area contributed by atoms with E-state index in [1.54, 1.807) is 23.9 Å². The summed E-state index contributed by atoms with van der Waals surface area (Å²) in [5, 5.41) is 13.7. The van der Waals surface area contributed by atoms with Crippen LogP contribution < -0.4 is 19.9 Å². The first-order valence-electron chi connectivity index (χ1n) is 12.7. The summed E-state index contributed by atoms with van der Waals surface area (Å²) in [5.74, 6) is -0.302. The number of hydrogen-bond acceptors (Lipinski definition) is 9. The quantitative estimate of drug-likeness (QED) is 0.0849. The summed E-state index contributed by atoms with van der Waals surface area (Å²) in [6.07, 6.45) is 3.69. The van der Waals surface area contributed by atoms with E-state index < -0.39 is 10.8 Å². The van der Waals surface area contributed by atoms with Crippen LogP contribution >= 0.6 is 35.7 Å². The number of nitrogens with zero attached hydrogens (tertiary/aromatic N) is 3. The molecule has 12 heteroatoms. The number of ether oxygens (including phenoxy) is 1. The molecule has 1 aliphatic heterocycles. The molecule has 1 saturated heterocycles. The van der Waals surface area contributed by atoms with Gasteiger partial charge in [0.05, 0.1) is 15.5 Å². The van der Waals surface area contributed by atoms with Crippen molar-refractivity contribution < 1.29 is 19.2 Å². The number of amides is 2. The molecule has 3 aromatic carbocycles. The van der Waals surface area contributed by atoms with Crippen LogP contribution in [0.15, 0.2) is 76.5 Å². The van der Waals surface area contributed by atoms with E-state index in [-0.39, 0.29) is 18.2 Å². The predicted molar refractivity (Wildman–Crippen MR) is 171 cm³/mol. The lowest BCUT2D eigenvalue weighted by molar-refractivity contribution is -0.384. The van der Waals surface area contributed by atoms with E-state index >= 15 is 0 Å². The predicted octanol–water partition coefficient (Wildman–Crippen LogP) is 6.59. The van der Waals surface area contributed by atoms with Crippen molar-refractivity contribution in [1.82, 2.24) is 0 Å². The number of anilines is 3. The van der Waals surface area contributed by atoms with Crippen LogP contribution in [-0.2, 0) is 9.59 Å². The van der Waals surface area contributed by atoms with Crippen molar-refractivity contribution in [2.24, 2.45) is 0 Å². The normalized spacial score (nSPS) is 13.9. The maximum absolute atomic E-state index is 13.4. The number of carbonyl (C=O) groups excluding carboxylic acids is 2. The van der Waals surface area contributed by atoms with Gasteiger partial charge in [-0.05, 0) is 62.6 Å². The van der Waals surface area contributed by atoms with Crippen molar-refractivity contribution in [1.29, 1.82) is 0 Å². The van der Waals surface area contributed by atoms with Crippen molar-refractivity contribution in [3.05, 3.63) is 87.3 Å². The molecule has 0 atom stereocenters. The molecule has 0 bridgehead atoms. The van der Waals surface area contributed by atoms with Gasteiger partial charge in [0.2, 0.25) is 0 Å². The maximum atomic E-state index is 13.4. The smallest absolute Gasteiger partial charge is 0.271 e. The van der Waals surface area contributed by atoms with Gasteiger partial charge in [-0.3, -0.25) is 24.6 Å². The molecule has 1 N–H and O–H groups in total. The van der Waals surface area contributed by atoms with Crippen molar-refractivity contribution >= 4 is 80.7 Å². The Kier molecular flexibility index (Phi) is 10.0. The van der Waals surface area contributed by atoms with E-state index in [9.17, 15) is 19.7 Å². The Labute approximate surface area is 252 Å². The second-order valence-electron chi connectivity index (χ2n) is 8.76. The summed E-state index contributed by atoms with van der Waals surface area (Å²) in [7, 11) is 0. The summed E-state index contributed by atoms with van der Waals surface area (Å²) < 4.78 is 6.38. The summed E-state index contributed by atoms with van der Waals surface area (Å²) >= 11 is 8.34. The molecule has 1 aliphatic rings. The molecule has 0 aromatic heterocycles. The largest absolute Gasteiger partial charge is 0.483 e. The minimum Gasteiger partial charge on any atom is -0.483 e. The van der Waals surface area contributed by atoms with Crippen LogP contribution in [0.5, 0.6) is 5.75 Å². The van der Waals surface area contributed by atoms with Gasteiger partial charge in [-0.15, -0.1) is 11.8 Å². The van der Waals surface area contributed by atoms with E-state index in [0.29, 0.717) is 31.9 Å². The van der Waals surface area contributed by atoms with Gasteiger partial charge in [-0.1, -0.05) is 36.1 Å². The molecule has 212 valence electrons. The van der Waals surface area contributed by atoms with Gasteiger partial charge in [0.1, 0.15) is 5.75 Å². The topological polar surface area (TPSA) is 105 Å². The third-order valence-electron chi connectivity index (χ3n) is 6.22. The Hall–Kier alpha value is -3.87. The molecule has 4 rings (SSSR count). The van der Waals surface area contributed by atoms with Crippen molar-refractivity contribution in [3.63, 3.8) is 0 Å². The van der Waals surface area contributed by atoms with E-state index in [4.69, 9.17) is 17.0 Å². The van der Waals surface area contributed by atoms with Gasteiger partial charge in [-0.2, -0.15) is 0 Å². The molecule has 0 spiro atoms. The lowest BCUT2D eigenvalue weighted by Crippen LogP contribution is -2.27. The highest BCUT2D eigenvalue weighted by atomic mass is 32.2. The number of thiocarbonyl (C=S) groups is 1. The van der Waals surface area contributed by atoms with Crippen LogP contribution in [0.25, 0.3) is 6.08 Å². The number of thioether (sulfide) groups is 2. The molecule has 1 fully saturated rings. The van der Waals surface area contributed by atoms with Crippen LogP contribution in [0.3, 0.4) is 0 Å². The number of hydrogen-bond donors (Lipinski definition) is 1. The standard InChI is InChI=1S/C29H28N4O5S3/c1-4-31(5-2)21-13-12-19(14-26-28(35)32(29(39)41-26)22-9-7-11-24(16-22)40-3)25(17-21)38-18-27(34)30-20-8-6-10-23(15-20)33(36)37/h6-17H,4-5,18H2,1-3H3,(H,30,34)/b26-14+. The fraction of sp³-hybridized carbons (Fsp3) is 0.207. The summed E-state index contributed by atoms with van der Waals surface area (Å²) in [5.41, 5.74) is 2.38. The number of nitro groups is 1. The molecule has 3 aromatic rings. The molecular formula is C29H28N4O5S3. The Morgan fingerprint density at radius 2 is 1.90 bits per heavy atom. The molecule has 2 amide bonds. The summed E-state index contributed by atoms with van der Waals surface area (Å²) in [4.78, 5) is 41.8. The molecule has 0 saturated carbocycles. The number of nitrogens with one attached hydrogen (secondary N) is 1. The van der Waals surface area contributed by atoms with Gasteiger partial charge in [0.15, 0.2) is 10.9 Å². The number of rotatable bonds is 11. The lowest BCUT2D eigenvalue weighted by atomic mass is 10.1. The first-order chi connectivity index (χ1) is 19.7. The zero-order chi connectivity index (χ0) is 29.5. The Morgan fingerprint density at radius 1 is 1.15 bits per heavy atom. The first-order valence-corrected chi connectivity index (χ1v) is 15.2. The molecule has 41 heavy (non-hydrogen) atoms. The molecule has 9 nitrogen and oxygen atoms in total. The summed E-state index contributed by atoms with van der Waals surface area (Å²) in [6.45, 7) is 5.30. The highest BCUT2D eigenvalue weighted by Crippen LogP contribution is 2.38. The fourth-order valence-electron chi connectivity index (χ4n) is 4.17. The number of non-ortho nitro benzene ring substituents is 1. The summed E-state index contributed by atoms with van der Waals surface area (Å²) in [6, 6.07) is 18.9. The Morgan fingerprint density at radius 3 is 2.61 bits per heavy atom. The van der Waals surface area contributed by atoms with E-state index in [1.807, 2.05) is 62.6 Å². The molecule has 0 aliphatic carbocycles. The highest BCUT2D eigenvalue weighted by molar-refractivity contribution is 8.27. The maximum Gasteiger partial charge on any atom is 0.271 e. The minimum absolute atomic E-state index is 0.129. The molecular weight excluding hydrogens is 581 g/mol. The van der Waals surface area contributed by atoms with Crippen molar-refractivity contribution in [2.75, 3.05) is 41.1 Å². The molecule has 1 heterocycles. The van der Waals surface area contributed by atoms with Gasteiger partial charge >= 0.3 is 0 Å². The van der Waals surface area contributed by atoms with Crippen LogP contribution in [0.1, 0.15) is 19.4 Å². The number of nitro benzene ring substituents is 1. The third kappa shape index (κ3) is 7.26. The van der Waals surface area contributed by atoms with Gasteiger partial charge < -0.3 is 15.0 Å². The van der Waals surface area contributed by atoms with Gasteiger partial charge in [0.25, 0.3) is 17.5 Å². The van der Waals surface area contributed by atoms with Crippen molar-refractivity contribution in [3.8, 4) is 5.75 Å². The van der Waals surface area contributed by atoms with Crippen LogP contribution in [0, 0.1) is 10.1 Å². The second-order valence-corrected chi connectivity index (χ2v) is 11.3. The van der Waals surface area contributed by atoms with Crippen LogP contribution in [0.4, 0.5) is 22.7 Å².